The number of hydrogen-bond donors (Lipinski definition) is 2. The van der Waals surface area contributed by atoms with E-state index in [4.69, 9.17) is 0 Å². The van der Waals surface area contributed by atoms with Gasteiger partial charge in [-0.25, -0.2) is 4.39 Å². The highest BCUT2D eigenvalue weighted by atomic mass is 19.3. The van der Waals surface area contributed by atoms with Crippen LogP contribution in [-0.2, 0) is 10.7 Å². The third-order valence-corrected chi connectivity index (χ3v) is 6.17. The van der Waals surface area contributed by atoms with E-state index in [2.05, 4.69) is 10.4 Å². The molecule has 2 saturated heterocycles. The maximum Gasteiger partial charge on any atom is 0.352 e. The molecule has 0 spiro atoms. The molecule has 2 N–H and O–H groups in total. The van der Waals surface area contributed by atoms with Crippen LogP contribution in [0.3, 0.4) is 0 Å². The number of carbonyl (C=O) groups excluding carboxylic acids is 2. The second-order valence-corrected chi connectivity index (χ2v) is 8.75. The number of rotatable bonds is 5. The molecule has 2 fully saturated rings. The topological polar surface area (TPSA) is 87.5 Å². The van der Waals surface area contributed by atoms with Gasteiger partial charge in [-0.2, -0.15) is 13.9 Å². The Labute approximate surface area is 183 Å². The molecule has 7 nitrogen and oxygen atoms in total. The van der Waals surface area contributed by atoms with Crippen molar-refractivity contribution in [3.63, 3.8) is 0 Å². The first-order chi connectivity index (χ1) is 15.1. The number of anilines is 1. The van der Waals surface area contributed by atoms with E-state index < -0.39 is 47.3 Å². The van der Waals surface area contributed by atoms with Crippen LogP contribution in [0.15, 0.2) is 30.6 Å². The van der Waals surface area contributed by atoms with Crippen LogP contribution in [0, 0.1) is 5.82 Å². The minimum Gasteiger partial charge on any atom is -0.393 e. The molecule has 10 heteroatoms. The van der Waals surface area contributed by atoms with Gasteiger partial charge in [-0.3, -0.25) is 14.3 Å². The molecular weight excluding hydrogens is 425 g/mol. The zero-order valence-corrected chi connectivity index (χ0v) is 17.8. The largest absolute Gasteiger partial charge is 0.393 e. The highest BCUT2D eigenvalue weighted by Gasteiger charge is 2.53. The molecule has 172 valence electrons. The Kier molecular flexibility index (Phi) is 5.74. The van der Waals surface area contributed by atoms with Crippen molar-refractivity contribution in [2.24, 2.45) is 0 Å². The molecule has 2 bridgehead atoms. The number of aromatic nitrogens is 2. The number of nitrogens with zero attached hydrogens (tertiary/aromatic N) is 3. The molecule has 0 aliphatic carbocycles. The maximum absolute atomic E-state index is 15.2. The minimum absolute atomic E-state index is 0.0639. The van der Waals surface area contributed by atoms with E-state index in [0.29, 0.717) is 18.5 Å². The summed E-state index contributed by atoms with van der Waals surface area (Å²) in [7, 11) is 0. The second-order valence-electron chi connectivity index (χ2n) is 8.75. The van der Waals surface area contributed by atoms with Crippen molar-refractivity contribution < 1.29 is 27.9 Å². The maximum atomic E-state index is 15.2. The van der Waals surface area contributed by atoms with Crippen molar-refractivity contribution in [3.8, 4) is 0 Å². The van der Waals surface area contributed by atoms with Crippen molar-refractivity contribution in [1.82, 2.24) is 14.7 Å². The fraction of sp³-hybridized carbons (Fsp3) is 0.500. The van der Waals surface area contributed by atoms with Gasteiger partial charge in [0, 0.05) is 29.9 Å². The van der Waals surface area contributed by atoms with Crippen molar-refractivity contribution in [2.75, 3.05) is 5.32 Å². The van der Waals surface area contributed by atoms with Gasteiger partial charge in [0.2, 0.25) is 0 Å². The first kappa shape index (κ1) is 22.3. The molecule has 2 aliphatic rings. The number of aliphatic hydroxyl groups excluding tert-OH is 1. The van der Waals surface area contributed by atoms with E-state index in [1.807, 2.05) is 13.8 Å². The lowest BCUT2D eigenvalue weighted by molar-refractivity contribution is -0.166. The van der Waals surface area contributed by atoms with E-state index in [1.165, 1.54) is 6.20 Å². The fourth-order valence-electron chi connectivity index (χ4n) is 4.55. The molecule has 1 unspecified atom stereocenters. The first-order valence-corrected chi connectivity index (χ1v) is 10.6. The molecule has 2 amide bonds. The van der Waals surface area contributed by atoms with Crippen molar-refractivity contribution in [1.29, 1.82) is 0 Å². The summed E-state index contributed by atoms with van der Waals surface area (Å²) in [6.07, 6.45) is 3.89. The third kappa shape index (κ3) is 3.99. The summed E-state index contributed by atoms with van der Waals surface area (Å²) in [4.78, 5) is 26.5. The average molecular weight is 450 g/mol. The Bertz CT molecular complexity index is 1030. The van der Waals surface area contributed by atoms with Crippen LogP contribution in [0.4, 0.5) is 18.9 Å². The highest BCUT2D eigenvalue weighted by molar-refractivity contribution is 6.04. The fourth-order valence-corrected chi connectivity index (χ4v) is 4.55. The van der Waals surface area contributed by atoms with E-state index in [9.17, 15) is 19.1 Å². The Morgan fingerprint density at radius 2 is 1.88 bits per heavy atom. The zero-order chi connectivity index (χ0) is 23.2. The summed E-state index contributed by atoms with van der Waals surface area (Å²) < 4.78 is 46.4. The number of alkyl halides is 2. The molecule has 2 aliphatic heterocycles. The summed E-state index contributed by atoms with van der Waals surface area (Å²) >= 11 is 0. The van der Waals surface area contributed by atoms with E-state index >= 15 is 8.78 Å². The summed E-state index contributed by atoms with van der Waals surface area (Å²) in [6, 6.07) is 1.65. The van der Waals surface area contributed by atoms with Crippen LogP contribution in [0.1, 0.15) is 61.5 Å². The molecule has 0 saturated carbocycles. The third-order valence-electron chi connectivity index (χ3n) is 6.17. The van der Waals surface area contributed by atoms with Crippen LogP contribution in [0.5, 0.6) is 0 Å². The molecule has 1 aromatic heterocycles. The number of fused-ring (bicyclic) bond motifs is 2. The van der Waals surface area contributed by atoms with Gasteiger partial charge < -0.3 is 15.3 Å². The number of aliphatic hydroxyl groups is 1. The van der Waals surface area contributed by atoms with Gasteiger partial charge in [0.15, 0.2) is 0 Å². The number of piperidine rings is 1. The second kappa shape index (κ2) is 8.23. The number of hydrogen-bond acceptors (Lipinski definition) is 4. The Morgan fingerprint density at radius 3 is 2.47 bits per heavy atom. The van der Waals surface area contributed by atoms with Crippen molar-refractivity contribution in [3.05, 3.63) is 47.5 Å². The number of halogens is 3. The molecule has 3 heterocycles. The van der Waals surface area contributed by atoms with E-state index in [-0.39, 0.29) is 24.4 Å². The van der Waals surface area contributed by atoms with Crippen LogP contribution in [-0.4, -0.2) is 49.8 Å². The Hall–Kier alpha value is -2.88. The van der Waals surface area contributed by atoms with Gasteiger partial charge in [0.1, 0.15) is 5.82 Å². The summed E-state index contributed by atoms with van der Waals surface area (Å²) in [5, 5.41) is 16.5. The van der Waals surface area contributed by atoms with Gasteiger partial charge in [-0.1, -0.05) is 0 Å². The van der Waals surface area contributed by atoms with Gasteiger partial charge in [-0.05, 0) is 57.7 Å². The molecule has 3 atom stereocenters. The number of benzene rings is 1. The highest BCUT2D eigenvalue weighted by Crippen LogP contribution is 2.41. The summed E-state index contributed by atoms with van der Waals surface area (Å²) in [5.74, 6) is -7.63. The van der Waals surface area contributed by atoms with Crippen molar-refractivity contribution in [2.45, 2.75) is 69.7 Å². The van der Waals surface area contributed by atoms with E-state index in [0.717, 1.165) is 23.1 Å². The molecule has 4 rings (SSSR count). The predicted octanol–water partition coefficient (Wildman–Crippen LogP) is 3.46. The van der Waals surface area contributed by atoms with Crippen LogP contribution in [0.2, 0.25) is 0 Å². The van der Waals surface area contributed by atoms with Gasteiger partial charge in [0.25, 0.3) is 11.8 Å². The summed E-state index contributed by atoms with van der Waals surface area (Å²) in [6.45, 7) is 3.80. The Morgan fingerprint density at radius 1 is 1.22 bits per heavy atom. The summed E-state index contributed by atoms with van der Waals surface area (Å²) in [5.41, 5.74) is -0.984. The van der Waals surface area contributed by atoms with Crippen LogP contribution < -0.4 is 5.32 Å². The molecule has 0 radical (unpaired) electrons. The number of amides is 2. The lowest BCUT2D eigenvalue weighted by atomic mass is 9.96. The lowest BCUT2D eigenvalue weighted by Crippen LogP contribution is -2.53. The van der Waals surface area contributed by atoms with Gasteiger partial charge in [-0.15, -0.1) is 0 Å². The standard InChI is InChI=1S/C22H25F3N4O3/c1-12(2)28-11-14(10-26-28)27-20(31)13-3-6-19(23)18(7-13)22(24,25)21(32)29-15-4-5-16(29)9-17(30)8-15/h3,6-7,10-12,15-17,30H,4-5,8-9H2,1-2H3,(H,27,31)/t15-,16+,17?. The van der Waals surface area contributed by atoms with Crippen LogP contribution in [0.25, 0.3) is 0 Å². The molecular formula is C22H25F3N4O3. The monoisotopic (exact) mass is 450 g/mol. The number of nitrogens with one attached hydrogen (secondary N) is 1. The van der Waals surface area contributed by atoms with E-state index in [1.54, 1.807) is 10.9 Å². The smallest absolute Gasteiger partial charge is 0.352 e. The van der Waals surface area contributed by atoms with Crippen molar-refractivity contribution >= 4 is 17.5 Å². The van der Waals surface area contributed by atoms with Gasteiger partial charge >= 0.3 is 5.92 Å². The zero-order valence-electron chi connectivity index (χ0n) is 17.8. The van der Waals surface area contributed by atoms with Gasteiger partial charge in [0.05, 0.1) is 23.6 Å². The normalized spacial score (nSPS) is 23.0. The minimum atomic E-state index is -4.15. The SMILES string of the molecule is CC(C)n1cc(NC(=O)c2ccc(F)c(C(F)(F)C(=O)N3[C@@H]4CC[C@H]3CC(O)C4)c2)cn1. The Balaban J connectivity index is 1.57. The predicted molar refractivity (Wildman–Crippen MR) is 110 cm³/mol. The quantitative estimate of drug-likeness (QED) is 0.731. The lowest BCUT2D eigenvalue weighted by Gasteiger charge is -2.39. The molecule has 2 aromatic rings. The molecule has 32 heavy (non-hydrogen) atoms. The molecule has 1 aromatic carbocycles. The number of carbonyl (C=O) groups is 2. The van der Waals surface area contributed by atoms with Crippen LogP contribution >= 0.6 is 0 Å². The first-order valence-electron chi connectivity index (χ1n) is 10.6. The average Bonchev–Trinajstić information content (AvgIpc) is 3.30.